The van der Waals surface area contributed by atoms with Crippen LogP contribution in [0.4, 0.5) is 22.0 Å². The molecule has 180 valence electrons. The summed E-state index contributed by atoms with van der Waals surface area (Å²) in [5.74, 6) is -1.24. The number of hydrogen-bond acceptors (Lipinski definition) is 4. The largest absolute Gasteiger partial charge is 0.573 e. The van der Waals surface area contributed by atoms with Crippen molar-refractivity contribution in [1.29, 1.82) is 0 Å². The number of carbonyl (C=O) groups is 1. The Morgan fingerprint density at radius 3 is 2.12 bits per heavy atom. The van der Waals surface area contributed by atoms with Gasteiger partial charge in [0.05, 0.1) is 12.7 Å². The molecule has 0 amide bonds. The van der Waals surface area contributed by atoms with Gasteiger partial charge in [-0.15, -0.1) is 13.2 Å². The van der Waals surface area contributed by atoms with E-state index in [1.54, 1.807) is 42.5 Å². The fourth-order valence-corrected chi connectivity index (χ4v) is 3.63. The molecule has 1 unspecified atom stereocenters. The standard InChI is InChI=1S/C25H21F5O4/c1-32-23(31)19-8-2-5-16(11-19)12-20(18-7-4-9-21(15-18)33-24(26)27)13-17-6-3-10-22(14-17)34-25(28,29)30/h2-11,14-15,20,24H,12-13H2,1H3. The van der Waals surface area contributed by atoms with E-state index in [1.165, 1.54) is 37.4 Å². The zero-order chi connectivity index (χ0) is 24.7. The van der Waals surface area contributed by atoms with Crippen molar-refractivity contribution in [3.05, 3.63) is 95.1 Å². The highest BCUT2D eigenvalue weighted by molar-refractivity contribution is 5.89. The minimum absolute atomic E-state index is 0.0324. The molecule has 0 aliphatic heterocycles. The van der Waals surface area contributed by atoms with Crippen LogP contribution in [-0.4, -0.2) is 26.1 Å². The number of benzene rings is 3. The summed E-state index contributed by atoms with van der Waals surface area (Å²) in [6.45, 7) is -3.00. The van der Waals surface area contributed by atoms with Gasteiger partial charge >= 0.3 is 18.9 Å². The molecule has 9 heteroatoms. The average molecular weight is 480 g/mol. The van der Waals surface area contributed by atoms with Crippen LogP contribution in [0.5, 0.6) is 11.5 Å². The Kier molecular flexibility index (Phi) is 8.09. The van der Waals surface area contributed by atoms with Gasteiger partial charge in [-0.2, -0.15) is 8.78 Å². The van der Waals surface area contributed by atoms with E-state index < -0.39 is 18.9 Å². The normalized spacial score (nSPS) is 12.3. The molecule has 0 bridgehead atoms. The van der Waals surface area contributed by atoms with Gasteiger partial charge in [0.1, 0.15) is 11.5 Å². The molecular formula is C25H21F5O4. The second-order valence-corrected chi connectivity index (χ2v) is 7.44. The van der Waals surface area contributed by atoms with Crippen molar-refractivity contribution in [2.24, 2.45) is 0 Å². The average Bonchev–Trinajstić information content (AvgIpc) is 2.77. The minimum atomic E-state index is -4.83. The highest BCUT2D eigenvalue weighted by Crippen LogP contribution is 2.31. The topological polar surface area (TPSA) is 44.8 Å². The molecule has 0 radical (unpaired) electrons. The molecule has 3 aromatic rings. The minimum Gasteiger partial charge on any atom is -0.465 e. The summed E-state index contributed by atoms with van der Waals surface area (Å²) in [4.78, 5) is 11.9. The van der Waals surface area contributed by atoms with Crippen LogP contribution in [0.2, 0.25) is 0 Å². The van der Waals surface area contributed by atoms with Crippen molar-refractivity contribution >= 4 is 5.97 Å². The maximum atomic E-state index is 12.7. The maximum Gasteiger partial charge on any atom is 0.573 e. The number of ether oxygens (including phenoxy) is 3. The first-order valence-electron chi connectivity index (χ1n) is 10.2. The number of rotatable bonds is 9. The van der Waals surface area contributed by atoms with Crippen LogP contribution < -0.4 is 9.47 Å². The quantitative estimate of drug-likeness (QED) is 0.258. The van der Waals surface area contributed by atoms with Gasteiger partial charge in [0.25, 0.3) is 0 Å². The third kappa shape index (κ3) is 7.47. The van der Waals surface area contributed by atoms with Crippen molar-refractivity contribution < 1.29 is 41.0 Å². The monoisotopic (exact) mass is 480 g/mol. The van der Waals surface area contributed by atoms with Crippen LogP contribution in [0.3, 0.4) is 0 Å². The van der Waals surface area contributed by atoms with E-state index in [-0.39, 0.29) is 23.8 Å². The van der Waals surface area contributed by atoms with Crippen LogP contribution in [0.25, 0.3) is 0 Å². The summed E-state index contributed by atoms with van der Waals surface area (Å²) in [6, 6.07) is 18.5. The number of carbonyl (C=O) groups excluding carboxylic acids is 1. The number of halogens is 5. The third-order valence-corrected chi connectivity index (χ3v) is 5.00. The van der Waals surface area contributed by atoms with Gasteiger partial charge in [-0.1, -0.05) is 36.4 Å². The Hall–Kier alpha value is -3.62. The SMILES string of the molecule is COC(=O)c1cccc(CC(Cc2cccc(OC(F)(F)F)c2)c2cccc(OC(F)F)c2)c1. The Morgan fingerprint density at radius 1 is 0.853 bits per heavy atom. The predicted molar refractivity (Wildman–Crippen MR) is 114 cm³/mol. The van der Waals surface area contributed by atoms with Crippen molar-refractivity contribution in [3.63, 3.8) is 0 Å². The van der Waals surface area contributed by atoms with Gasteiger partial charge in [-0.3, -0.25) is 0 Å². The van der Waals surface area contributed by atoms with Crippen molar-refractivity contribution in [3.8, 4) is 11.5 Å². The van der Waals surface area contributed by atoms with Crippen LogP contribution in [0.1, 0.15) is 33.0 Å². The van der Waals surface area contributed by atoms with Gasteiger partial charge in [-0.05, 0) is 71.8 Å². The summed E-state index contributed by atoms with van der Waals surface area (Å²) in [7, 11) is 1.27. The molecule has 0 aromatic heterocycles. The van der Waals surface area contributed by atoms with Gasteiger partial charge in [0, 0.05) is 0 Å². The summed E-state index contributed by atoms with van der Waals surface area (Å²) >= 11 is 0. The lowest BCUT2D eigenvalue weighted by Gasteiger charge is -2.20. The Labute approximate surface area is 192 Å². The van der Waals surface area contributed by atoms with Crippen molar-refractivity contribution in [2.45, 2.75) is 31.7 Å². The van der Waals surface area contributed by atoms with Gasteiger partial charge in [0.2, 0.25) is 0 Å². The molecule has 0 aliphatic carbocycles. The molecule has 0 saturated heterocycles. The lowest BCUT2D eigenvalue weighted by atomic mass is 9.86. The number of methoxy groups -OCH3 is 1. The number of esters is 1. The molecule has 3 rings (SSSR count). The maximum absolute atomic E-state index is 12.7. The molecular weight excluding hydrogens is 459 g/mol. The highest BCUT2D eigenvalue weighted by Gasteiger charge is 2.31. The highest BCUT2D eigenvalue weighted by atomic mass is 19.4. The van der Waals surface area contributed by atoms with E-state index in [0.717, 1.165) is 5.56 Å². The zero-order valence-electron chi connectivity index (χ0n) is 18.0. The van der Waals surface area contributed by atoms with Gasteiger partial charge in [-0.25, -0.2) is 4.79 Å². The molecule has 1 atom stereocenters. The summed E-state index contributed by atoms with van der Waals surface area (Å²) in [5.41, 5.74) is 2.30. The Balaban J connectivity index is 1.93. The summed E-state index contributed by atoms with van der Waals surface area (Å²) in [6.07, 6.45) is -4.18. The van der Waals surface area contributed by atoms with Crippen molar-refractivity contribution in [1.82, 2.24) is 0 Å². The molecule has 34 heavy (non-hydrogen) atoms. The zero-order valence-corrected chi connectivity index (χ0v) is 18.0. The van der Waals surface area contributed by atoms with Crippen LogP contribution in [0.15, 0.2) is 72.8 Å². The molecule has 0 heterocycles. The van der Waals surface area contributed by atoms with E-state index >= 15 is 0 Å². The predicted octanol–water partition coefficient (Wildman–Crippen LogP) is 6.54. The number of hydrogen-bond donors (Lipinski definition) is 0. The fraction of sp³-hybridized carbons (Fsp3) is 0.240. The van der Waals surface area contributed by atoms with E-state index in [0.29, 0.717) is 23.1 Å². The first kappa shape index (κ1) is 25.0. The lowest BCUT2D eigenvalue weighted by molar-refractivity contribution is -0.274. The molecule has 0 saturated carbocycles. The van der Waals surface area contributed by atoms with E-state index in [4.69, 9.17) is 4.74 Å². The Morgan fingerprint density at radius 2 is 1.47 bits per heavy atom. The second-order valence-electron chi connectivity index (χ2n) is 7.44. The molecule has 0 spiro atoms. The van der Waals surface area contributed by atoms with E-state index in [1.807, 2.05) is 0 Å². The lowest BCUT2D eigenvalue weighted by Crippen LogP contribution is -2.17. The molecule has 0 fully saturated rings. The van der Waals surface area contributed by atoms with E-state index in [9.17, 15) is 26.7 Å². The van der Waals surface area contributed by atoms with Crippen LogP contribution in [0, 0.1) is 0 Å². The number of alkyl halides is 5. The first-order chi connectivity index (χ1) is 16.1. The van der Waals surface area contributed by atoms with Crippen LogP contribution in [-0.2, 0) is 17.6 Å². The molecule has 4 nitrogen and oxygen atoms in total. The van der Waals surface area contributed by atoms with E-state index in [2.05, 4.69) is 9.47 Å². The van der Waals surface area contributed by atoms with Gasteiger partial charge in [0.15, 0.2) is 0 Å². The second kappa shape index (κ2) is 11.0. The molecule has 0 N–H and O–H groups in total. The third-order valence-electron chi connectivity index (χ3n) is 5.00. The van der Waals surface area contributed by atoms with Gasteiger partial charge < -0.3 is 14.2 Å². The van der Waals surface area contributed by atoms with Crippen molar-refractivity contribution in [2.75, 3.05) is 7.11 Å². The Bertz CT molecular complexity index is 1110. The molecule has 3 aromatic carbocycles. The first-order valence-corrected chi connectivity index (χ1v) is 10.2. The smallest absolute Gasteiger partial charge is 0.465 e. The fourth-order valence-electron chi connectivity index (χ4n) is 3.63. The van der Waals surface area contributed by atoms with Crippen LogP contribution >= 0.6 is 0 Å². The summed E-state index contributed by atoms with van der Waals surface area (Å²) < 4.78 is 76.6. The summed E-state index contributed by atoms with van der Waals surface area (Å²) in [5, 5.41) is 0. The molecule has 0 aliphatic rings.